The monoisotopic (exact) mass is 290 g/mol. The van der Waals surface area contributed by atoms with Gasteiger partial charge in [-0.3, -0.25) is 4.90 Å². The summed E-state index contributed by atoms with van der Waals surface area (Å²) in [6.45, 7) is 9.39. The van der Waals surface area contributed by atoms with E-state index >= 15 is 0 Å². The average Bonchev–Trinajstić information content (AvgIpc) is 3.30. The Balaban J connectivity index is 1.82. The van der Waals surface area contributed by atoms with Crippen molar-refractivity contribution in [2.75, 3.05) is 20.2 Å². The molecule has 118 valence electrons. The fourth-order valence-corrected chi connectivity index (χ4v) is 2.20. The standard InChI is InChI=1S/C18H30N2O/c1-5-18(2,3)20(4)12-13-21-17-9-7-6-8-15(17)14-19-16-10-11-16/h6-9,16,19H,5,10-14H2,1-4H3. The van der Waals surface area contributed by atoms with E-state index in [2.05, 4.69) is 62.3 Å². The molecule has 2 rings (SSSR count). The summed E-state index contributed by atoms with van der Waals surface area (Å²) in [5.74, 6) is 1.02. The summed E-state index contributed by atoms with van der Waals surface area (Å²) >= 11 is 0. The second-order valence-electron chi connectivity index (χ2n) is 6.70. The number of benzene rings is 1. The van der Waals surface area contributed by atoms with Crippen molar-refractivity contribution in [3.05, 3.63) is 29.8 Å². The number of nitrogens with zero attached hydrogens (tertiary/aromatic N) is 1. The van der Waals surface area contributed by atoms with Crippen LogP contribution in [0.2, 0.25) is 0 Å². The van der Waals surface area contributed by atoms with Crippen LogP contribution < -0.4 is 10.1 Å². The Morgan fingerprint density at radius 1 is 1.29 bits per heavy atom. The third-order valence-corrected chi connectivity index (χ3v) is 4.71. The van der Waals surface area contributed by atoms with Gasteiger partial charge in [0.25, 0.3) is 0 Å². The fraction of sp³-hybridized carbons (Fsp3) is 0.667. The summed E-state index contributed by atoms with van der Waals surface area (Å²) in [5, 5.41) is 3.56. The molecule has 0 unspecified atom stereocenters. The van der Waals surface area contributed by atoms with Gasteiger partial charge in [-0.05, 0) is 46.2 Å². The van der Waals surface area contributed by atoms with Gasteiger partial charge in [0.2, 0.25) is 0 Å². The summed E-state index contributed by atoms with van der Waals surface area (Å²) in [5.41, 5.74) is 1.50. The Hall–Kier alpha value is -1.06. The molecule has 0 amide bonds. The summed E-state index contributed by atoms with van der Waals surface area (Å²) in [4.78, 5) is 2.37. The minimum atomic E-state index is 0.233. The van der Waals surface area contributed by atoms with Crippen LogP contribution in [0, 0.1) is 0 Å². The van der Waals surface area contributed by atoms with E-state index in [-0.39, 0.29) is 5.54 Å². The minimum Gasteiger partial charge on any atom is -0.492 e. The topological polar surface area (TPSA) is 24.5 Å². The van der Waals surface area contributed by atoms with Crippen molar-refractivity contribution in [3.63, 3.8) is 0 Å². The van der Waals surface area contributed by atoms with Gasteiger partial charge in [0.05, 0.1) is 0 Å². The highest BCUT2D eigenvalue weighted by atomic mass is 16.5. The Bertz CT molecular complexity index is 441. The first-order chi connectivity index (χ1) is 10.0. The normalized spacial score (nSPS) is 15.5. The van der Waals surface area contributed by atoms with Crippen molar-refractivity contribution >= 4 is 0 Å². The van der Waals surface area contributed by atoms with Crippen LogP contribution in [-0.2, 0) is 6.54 Å². The largest absolute Gasteiger partial charge is 0.492 e. The van der Waals surface area contributed by atoms with Crippen LogP contribution in [0.1, 0.15) is 45.6 Å². The highest BCUT2D eigenvalue weighted by Gasteiger charge is 2.21. The molecule has 3 nitrogen and oxygen atoms in total. The van der Waals surface area contributed by atoms with Crippen LogP contribution >= 0.6 is 0 Å². The Kier molecular flexibility index (Phi) is 5.65. The molecule has 0 radical (unpaired) electrons. The third-order valence-electron chi connectivity index (χ3n) is 4.71. The van der Waals surface area contributed by atoms with E-state index < -0.39 is 0 Å². The molecule has 0 spiro atoms. The van der Waals surface area contributed by atoms with Gasteiger partial charge in [0.1, 0.15) is 12.4 Å². The first-order valence-corrected chi connectivity index (χ1v) is 8.18. The summed E-state index contributed by atoms with van der Waals surface area (Å²) in [7, 11) is 2.17. The third kappa shape index (κ3) is 5.01. The number of hydrogen-bond acceptors (Lipinski definition) is 3. The Labute approximate surface area is 129 Å². The maximum Gasteiger partial charge on any atom is 0.123 e. The summed E-state index contributed by atoms with van der Waals surface area (Å²) < 4.78 is 6.02. The Morgan fingerprint density at radius 3 is 2.67 bits per heavy atom. The molecule has 0 aliphatic heterocycles. The number of para-hydroxylation sites is 1. The maximum atomic E-state index is 6.02. The zero-order valence-electron chi connectivity index (χ0n) is 14.0. The first kappa shape index (κ1) is 16.3. The van der Waals surface area contributed by atoms with Gasteiger partial charge >= 0.3 is 0 Å². The lowest BCUT2D eigenvalue weighted by Gasteiger charge is -2.34. The molecule has 1 aliphatic carbocycles. The van der Waals surface area contributed by atoms with Crippen LogP contribution in [0.15, 0.2) is 24.3 Å². The molecule has 0 atom stereocenters. The molecule has 0 heterocycles. The molecule has 1 N–H and O–H groups in total. The van der Waals surface area contributed by atoms with E-state index in [0.717, 1.165) is 37.9 Å². The fourth-order valence-electron chi connectivity index (χ4n) is 2.20. The maximum absolute atomic E-state index is 6.02. The molecule has 1 saturated carbocycles. The van der Waals surface area contributed by atoms with Crippen molar-refractivity contribution in [1.82, 2.24) is 10.2 Å². The molecule has 0 saturated heterocycles. The van der Waals surface area contributed by atoms with Gasteiger partial charge in [-0.15, -0.1) is 0 Å². The van der Waals surface area contributed by atoms with Gasteiger partial charge in [-0.1, -0.05) is 25.1 Å². The molecule has 0 aromatic heterocycles. The van der Waals surface area contributed by atoms with Crippen molar-refractivity contribution in [2.24, 2.45) is 0 Å². The van der Waals surface area contributed by atoms with Gasteiger partial charge in [-0.2, -0.15) is 0 Å². The predicted molar refractivity (Wildman–Crippen MR) is 88.8 cm³/mol. The van der Waals surface area contributed by atoms with Crippen LogP contribution in [-0.4, -0.2) is 36.7 Å². The molecular formula is C18H30N2O. The molecule has 0 bridgehead atoms. The lowest BCUT2D eigenvalue weighted by molar-refractivity contribution is 0.125. The van der Waals surface area contributed by atoms with E-state index in [4.69, 9.17) is 4.74 Å². The van der Waals surface area contributed by atoms with Crippen LogP contribution in [0.5, 0.6) is 5.75 Å². The minimum absolute atomic E-state index is 0.233. The Morgan fingerprint density at radius 2 is 2.00 bits per heavy atom. The van der Waals surface area contributed by atoms with Gasteiger partial charge in [-0.25, -0.2) is 0 Å². The number of likely N-dealkylation sites (N-methyl/N-ethyl adjacent to an activating group) is 1. The molecule has 1 aromatic rings. The lowest BCUT2D eigenvalue weighted by atomic mass is 10.0. The summed E-state index contributed by atoms with van der Waals surface area (Å²) in [6.07, 6.45) is 3.78. The number of nitrogens with one attached hydrogen (secondary N) is 1. The molecular weight excluding hydrogens is 260 g/mol. The average molecular weight is 290 g/mol. The van der Waals surface area contributed by atoms with E-state index in [9.17, 15) is 0 Å². The van der Waals surface area contributed by atoms with Crippen LogP contribution in [0.25, 0.3) is 0 Å². The molecule has 3 heteroatoms. The zero-order valence-corrected chi connectivity index (χ0v) is 14.0. The van der Waals surface area contributed by atoms with Crippen molar-refractivity contribution < 1.29 is 4.74 Å². The quantitative estimate of drug-likeness (QED) is 0.754. The van der Waals surface area contributed by atoms with Crippen molar-refractivity contribution in [3.8, 4) is 5.75 Å². The second kappa shape index (κ2) is 7.28. The van der Waals surface area contributed by atoms with E-state index in [1.807, 2.05) is 0 Å². The van der Waals surface area contributed by atoms with E-state index in [0.29, 0.717) is 0 Å². The van der Waals surface area contributed by atoms with E-state index in [1.165, 1.54) is 18.4 Å². The zero-order chi connectivity index (χ0) is 15.3. The number of rotatable bonds is 9. The van der Waals surface area contributed by atoms with Gasteiger partial charge in [0, 0.05) is 30.2 Å². The van der Waals surface area contributed by atoms with Crippen LogP contribution in [0.3, 0.4) is 0 Å². The van der Waals surface area contributed by atoms with Crippen molar-refractivity contribution in [1.29, 1.82) is 0 Å². The smallest absolute Gasteiger partial charge is 0.123 e. The first-order valence-electron chi connectivity index (χ1n) is 8.18. The number of hydrogen-bond donors (Lipinski definition) is 1. The molecule has 1 aliphatic rings. The van der Waals surface area contributed by atoms with Crippen molar-refractivity contribution in [2.45, 2.75) is 58.2 Å². The SMILES string of the molecule is CCC(C)(C)N(C)CCOc1ccccc1CNC1CC1. The lowest BCUT2D eigenvalue weighted by Crippen LogP contribution is -2.42. The highest BCUT2D eigenvalue weighted by Crippen LogP contribution is 2.23. The van der Waals surface area contributed by atoms with Gasteiger partial charge in [0.15, 0.2) is 0 Å². The molecule has 1 fully saturated rings. The van der Waals surface area contributed by atoms with E-state index in [1.54, 1.807) is 0 Å². The highest BCUT2D eigenvalue weighted by molar-refractivity contribution is 5.33. The molecule has 1 aromatic carbocycles. The van der Waals surface area contributed by atoms with Gasteiger partial charge < -0.3 is 10.1 Å². The summed E-state index contributed by atoms with van der Waals surface area (Å²) in [6, 6.07) is 9.10. The van der Waals surface area contributed by atoms with Crippen LogP contribution in [0.4, 0.5) is 0 Å². The predicted octanol–water partition coefficient (Wildman–Crippen LogP) is 3.44. The number of ether oxygens (including phenoxy) is 1. The second-order valence-corrected chi connectivity index (χ2v) is 6.70. The molecule has 21 heavy (non-hydrogen) atoms.